The number of nitrogens with zero attached hydrogens (tertiary/aromatic N) is 2. The Morgan fingerprint density at radius 2 is 1.89 bits per heavy atom. The van der Waals surface area contributed by atoms with Gasteiger partial charge in [0.05, 0.1) is 10.1 Å². The maximum atomic E-state index is 12.3. The van der Waals surface area contributed by atoms with Crippen molar-refractivity contribution < 1.29 is 17.6 Å². The van der Waals surface area contributed by atoms with Crippen molar-refractivity contribution in [3.8, 4) is 0 Å². The monoisotopic (exact) mass is 405 g/mol. The Labute approximate surface area is 161 Å². The lowest BCUT2D eigenvalue weighted by Crippen LogP contribution is -2.22. The van der Waals surface area contributed by atoms with Gasteiger partial charge in [0.25, 0.3) is 5.22 Å². The highest BCUT2D eigenvalue weighted by Crippen LogP contribution is 2.29. The molecule has 1 aromatic heterocycles. The largest absolute Gasteiger partial charge is 0.431 e. The molecule has 1 heterocycles. The van der Waals surface area contributed by atoms with Crippen LogP contribution in [0.4, 0.5) is 5.69 Å². The number of anilines is 1. The van der Waals surface area contributed by atoms with E-state index in [1.54, 1.807) is 25.1 Å². The highest BCUT2D eigenvalue weighted by Gasteiger charge is 2.21. The number of hydrogen-bond donors (Lipinski definition) is 1. The highest BCUT2D eigenvalue weighted by atomic mass is 32.2. The van der Waals surface area contributed by atoms with Gasteiger partial charge >= 0.3 is 0 Å². The van der Waals surface area contributed by atoms with Gasteiger partial charge in [0, 0.05) is 19.8 Å². The lowest BCUT2D eigenvalue weighted by Gasteiger charge is -2.10. The summed E-state index contributed by atoms with van der Waals surface area (Å²) < 4.78 is 31.2. The maximum absolute atomic E-state index is 12.3. The number of rotatable bonds is 6. The normalized spacial score (nSPS) is 13.0. The highest BCUT2D eigenvalue weighted by molar-refractivity contribution is 8.00. The maximum Gasteiger partial charge on any atom is 0.257 e. The molecule has 0 bridgehead atoms. The van der Waals surface area contributed by atoms with E-state index in [4.69, 9.17) is 4.42 Å². The first kappa shape index (κ1) is 19.4. The summed E-state index contributed by atoms with van der Waals surface area (Å²) in [6, 6.07) is 13.7. The molecule has 0 aliphatic rings. The molecule has 142 valence electrons. The average molecular weight is 406 g/mol. The van der Waals surface area contributed by atoms with Gasteiger partial charge < -0.3 is 9.73 Å². The number of hydrogen-bond acceptors (Lipinski definition) is 6. The Morgan fingerprint density at radius 1 is 1.19 bits per heavy atom. The number of carbonyl (C=O) groups excluding carboxylic acids is 1. The van der Waals surface area contributed by atoms with Crippen molar-refractivity contribution in [3.63, 3.8) is 0 Å². The van der Waals surface area contributed by atoms with Gasteiger partial charge in [0.1, 0.15) is 5.52 Å². The molecule has 0 unspecified atom stereocenters. The molecule has 9 heteroatoms. The number of nitrogens with one attached hydrogen (secondary N) is 1. The second-order valence-corrected chi connectivity index (χ2v) is 9.46. The van der Waals surface area contributed by atoms with Crippen LogP contribution in [0.3, 0.4) is 0 Å². The van der Waals surface area contributed by atoms with E-state index in [0.717, 1.165) is 4.31 Å². The van der Waals surface area contributed by atoms with Crippen molar-refractivity contribution in [3.05, 3.63) is 48.5 Å². The summed E-state index contributed by atoms with van der Waals surface area (Å²) in [5.41, 5.74) is 1.60. The quantitative estimate of drug-likeness (QED) is 0.633. The zero-order chi connectivity index (χ0) is 19.6. The molecule has 0 aliphatic heterocycles. The van der Waals surface area contributed by atoms with E-state index in [1.807, 2.05) is 18.2 Å². The minimum absolute atomic E-state index is 0.139. The molecule has 27 heavy (non-hydrogen) atoms. The first-order valence-electron chi connectivity index (χ1n) is 8.13. The fourth-order valence-corrected chi connectivity index (χ4v) is 3.96. The molecule has 3 aromatic rings. The number of carbonyl (C=O) groups is 1. The fraction of sp³-hybridized carbons (Fsp3) is 0.222. The van der Waals surface area contributed by atoms with Crippen LogP contribution in [-0.2, 0) is 14.8 Å². The predicted molar refractivity (Wildman–Crippen MR) is 105 cm³/mol. The smallest absolute Gasteiger partial charge is 0.257 e. The summed E-state index contributed by atoms with van der Waals surface area (Å²) in [5.74, 6) is -0.177. The van der Waals surface area contributed by atoms with Crippen molar-refractivity contribution in [2.75, 3.05) is 19.4 Å². The number of oxazole rings is 1. The van der Waals surface area contributed by atoms with Gasteiger partial charge in [0.15, 0.2) is 5.58 Å². The standard InChI is InChI=1S/C18H19N3O4S2/c1-12(17(22)19-13-7-5-4-6-8-13)26-18-20-15-11-14(9-10-16(15)25-18)27(23,24)21(2)3/h4-12H,1-3H3,(H,19,22)/t12-/m1/s1. The Kier molecular flexibility index (Phi) is 5.54. The lowest BCUT2D eigenvalue weighted by atomic mass is 10.3. The number of sulfonamides is 1. The van der Waals surface area contributed by atoms with Crippen LogP contribution in [0.15, 0.2) is 63.1 Å². The van der Waals surface area contributed by atoms with Gasteiger partial charge in [0.2, 0.25) is 15.9 Å². The Morgan fingerprint density at radius 3 is 2.56 bits per heavy atom. The minimum Gasteiger partial charge on any atom is -0.431 e. The molecular weight excluding hydrogens is 386 g/mol. The summed E-state index contributed by atoms with van der Waals surface area (Å²) >= 11 is 1.17. The minimum atomic E-state index is -3.55. The van der Waals surface area contributed by atoms with Crippen LogP contribution in [0.5, 0.6) is 0 Å². The van der Waals surface area contributed by atoms with Crippen LogP contribution < -0.4 is 5.32 Å². The SMILES string of the molecule is C[C@@H](Sc1nc2cc(S(=O)(=O)N(C)C)ccc2o1)C(=O)Nc1ccccc1. The molecule has 0 saturated heterocycles. The molecular formula is C18H19N3O4S2. The van der Waals surface area contributed by atoms with Crippen LogP contribution >= 0.6 is 11.8 Å². The molecule has 0 fully saturated rings. The van der Waals surface area contributed by atoms with Gasteiger partial charge in [-0.15, -0.1) is 0 Å². The summed E-state index contributed by atoms with van der Waals surface area (Å²) in [6.45, 7) is 1.75. The molecule has 2 aromatic carbocycles. The second kappa shape index (κ2) is 7.71. The molecule has 3 rings (SSSR count). The Hall–Kier alpha value is -2.36. The molecule has 1 atom stereocenters. The van der Waals surface area contributed by atoms with E-state index in [1.165, 1.54) is 38.0 Å². The Bertz CT molecular complexity index is 1060. The number of amides is 1. The van der Waals surface area contributed by atoms with E-state index in [2.05, 4.69) is 10.3 Å². The van der Waals surface area contributed by atoms with E-state index in [9.17, 15) is 13.2 Å². The van der Waals surface area contributed by atoms with Crippen molar-refractivity contribution in [1.29, 1.82) is 0 Å². The van der Waals surface area contributed by atoms with Crippen molar-refractivity contribution in [2.45, 2.75) is 22.3 Å². The number of thioether (sulfide) groups is 1. The third kappa shape index (κ3) is 4.32. The zero-order valence-corrected chi connectivity index (χ0v) is 16.7. The van der Waals surface area contributed by atoms with E-state index < -0.39 is 15.3 Å². The van der Waals surface area contributed by atoms with Gasteiger partial charge in [-0.25, -0.2) is 17.7 Å². The number of fused-ring (bicyclic) bond motifs is 1. The molecule has 0 radical (unpaired) electrons. The molecule has 0 saturated carbocycles. The third-order valence-corrected chi connectivity index (χ3v) is 6.56. The fourth-order valence-electron chi connectivity index (χ4n) is 2.28. The van der Waals surface area contributed by atoms with Crippen molar-refractivity contribution in [2.24, 2.45) is 0 Å². The first-order chi connectivity index (χ1) is 12.8. The molecule has 1 N–H and O–H groups in total. The second-order valence-electron chi connectivity index (χ2n) is 6.01. The van der Waals surface area contributed by atoms with Crippen molar-refractivity contribution >= 4 is 44.5 Å². The Balaban J connectivity index is 1.76. The molecule has 0 spiro atoms. The van der Waals surface area contributed by atoms with E-state index in [0.29, 0.717) is 22.0 Å². The molecule has 7 nitrogen and oxygen atoms in total. The summed E-state index contributed by atoms with van der Waals surface area (Å²) in [5, 5.41) is 2.69. The number of aromatic nitrogens is 1. The van der Waals surface area contributed by atoms with Crippen LogP contribution in [0.1, 0.15) is 6.92 Å². The average Bonchev–Trinajstić information content (AvgIpc) is 3.03. The van der Waals surface area contributed by atoms with Gasteiger partial charge in [-0.2, -0.15) is 0 Å². The van der Waals surface area contributed by atoms with E-state index in [-0.39, 0.29) is 10.8 Å². The van der Waals surface area contributed by atoms with Crippen LogP contribution in [0, 0.1) is 0 Å². The molecule has 1 amide bonds. The predicted octanol–water partition coefficient (Wildman–Crippen LogP) is 3.20. The number of para-hydroxylation sites is 1. The topological polar surface area (TPSA) is 92.5 Å². The van der Waals surface area contributed by atoms with E-state index >= 15 is 0 Å². The summed E-state index contributed by atoms with van der Waals surface area (Å²) in [4.78, 5) is 16.8. The van der Waals surface area contributed by atoms with Crippen molar-refractivity contribution in [1.82, 2.24) is 9.29 Å². The third-order valence-electron chi connectivity index (χ3n) is 3.81. The summed E-state index contributed by atoms with van der Waals surface area (Å²) in [7, 11) is -0.612. The molecule has 0 aliphatic carbocycles. The number of benzene rings is 2. The van der Waals surface area contributed by atoms with Crippen LogP contribution in [-0.4, -0.2) is 43.0 Å². The van der Waals surface area contributed by atoms with Gasteiger partial charge in [-0.05, 0) is 37.3 Å². The summed E-state index contributed by atoms with van der Waals surface area (Å²) in [6.07, 6.45) is 0. The van der Waals surface area contributed by atoms with Crippen LogP contribution in [0.25, 0.3) is 11.1 Å². The van der Waals surface area contributed by atoms with Crippen LogP contribution in [0.2, 0.25) is 0 Å². The first-order valence-corrected chi connectivity index (χ1v) is 10.4. The van der Waals surface area contributed by atoms with Gasteiger partial charge in [-0.3, -0.25) is 4.79 Å². The lowest BCUT2D eigenvalue weighted by molar-refractivity contribution is -0.115. The van der Waals surface area contributed by atoms with Gasteiger partial charge in [-0.1, -0.05) is 30.0 Å². The zero-order valence-electron chi connectivity index (χ0n) is 15.0.